The number of rotatable bonds is 5. The van der Waals surface area contributed by atoms with Crippen LogP contribution in [0.15, 0.2) is 0 Å². The lowest BCUT2D eigenvalue weighted by Crippen LogP contribution is -2.20. The smallest absolute Gasteiger partial charge is 0.264 e. The summed E-state index contributed by atoms with van der Waals surface area (Å²) in [6.45, 7) is 0.845. The molecule has 1 fully saturated rings. The Morgan fingerprint density at radius 3 is 2.65 bits per heavy atom. The SMILES string of the molecule is CC#CCOS(=O)(=O)OCC1CCS(=O)(=O)O1. The maximum absolute atomic E-state index is 11.1. The minimum absolute atomic E-state index is 0.136. The van der Waals surface area contributed by atoms with E-state index in [0.29, 0.717) is 0 Å². The minimum Gasteiger partial charge on any atom is -0.264 e. The maximum Gasteiger partial charge on any atom is 0.400 e. The van der Waals surface area contributed by atoms with Gasteiger partial charge in [0, 0.05) is 0 Å². The average molecular weight is 284 g/mol. The summed E-state index contributed by atoms with van der Waals surface area (Å²) >= 11 is 0. The van der Waals surface area contributed by atoms with Crippen molar-refractivity contribution >= 4 is 20.5 Å². The lowest BCUT2D eigenvalue weighted by atomic mass is 10.3. The zero-order valence-electron chi connectivity index (χ0n) is 9.08. The third-order valence-electron chi connectivity index (χ3n) is 1.82. The summed E-state index contributed by atoms with van der Waals surface area (Å²) in [5, 5.41) is 0. The van der Waals surface area contributed by atoms with Gasteiger partial charge in [-0.15, -0.1) is 5.92 Å². The highest BCUT2D eigenvalue weighted by Gasteiger charge is 2.30. The van der Waals surface area contributed by atoms with Crippen LogP contribution in [0.4, 0.5) is 0 Å². The summed E-state index contributed by atoms with van der Waals surface area (Å²) in [7, 11) is -7.68. The van der Waals surface area contributed by atoms with Crippen LogP contribution in [-0.4, -0.2) is 41.9 Å². The van der Waals surface area contributed by atoms with Gasteiger partial charge in [0.25, 0.3) is 10.1 Å². The average Bonchev–Trinajstić information content (AvgIpc) is 2.56. The van der Waals surface area contributed by atoms with Crippen LogP contribution in [0.25, 0.3) is 0 Å². The molecular formula is C8H12O7S2. The fourth-order valence-electron chi connectivity index (χ4n) is 1.06. The van der Waals surface area contributed by atoms with E-state index in [1.54, 1.807) is 0 Å². The topological polar surface area (TPSA) is 96.0 Å². The standard InChI is InChI=1S/C8H12O7S2/c1-2-3-5-13-17(11,12)14-7-8-4-6-16(9,10)15-8/h8H,4-7H2,1H3. The van der Waals surface area contributed by atoms with Crippen LogP contribution in [0.3, 0.4) is 0 Å². The molecule has 1 rings (SSSR count). The van der Waals surface area contributed by atoms with E-state index in [0.717, 1.165) is 0 Å². The van der Waals surface area contributed by atoms with Crippen LogP contribution in [0.1, 0.15) is 13.3 Å². The molecule has 0 N–H and O–H groups in total. The fraction of sp³-hybridized carbons (Fsp3) is 0.750. The van der Waals surface area contributed by atoms with Gasteiger partial charge in [-0.25, -0.2) is 8.37 Å². The van der Waals surface area contributed by atoms with E-state index < -0.39 is 26.6 Å². The van der Waals surface area contributed by atoms with E-state index in [4.69, 9.17) is 0 Å². The molecule has 1 saturated heterocycles. The summed E-state index contributed by atoms with van der Waals surface area (Å²) in [5.74, 6) is 4.70. The second-order valence-corrected chi connectivity index (χ2v) is 6.15. The first-order valence-electron chi connectivity index (χ1n) is 4.69. The third kappa shape index (κ3) is 5.47. The molecule has 1 unspecified atom stereocenters. The van der Waals surface area contributed by atoms with Gasteiger partial charge in [0.15, 0.2) is 0 Å². The highest BCUT2D eigenvalue weighted by atomic mass is 32.3. The van der Waals surface area contributed by atoms with Gasteiger partial charge < -0.3 is 0 Å². The predicted octanol–water partition coefficient (Wildman–Crippen LogP) is -0.594. The van der Waals surface area contributed by atoms with Gasteiger partial charge in [0.1, 0.15) is 12.7 Å². The maximum atomic E-state index is 11.1. The Labute approximate surface area is 101 Å². The van der Waals surface area contributed by atoms with Crippen LogP contribution in [0.2, 0.25) is 0 Å². The van der Waals surface area contributed by atoms with Crippen LogP contribution >= 0.6 is 0 Å². The minimum atomic E-state index is -4.16. The van der Waals surface area contributed by atoms with E-state index in [-0.39, 0.29) is 25.4 Å². The van der Waals surface area contributed by atoms with E-state index in [9.17, 15) is 16.8 Å². The molecule has 0 aromatic carbocycles. The molecule has 1 aliphatic rings. The monoisotopic (exact) mass is 284 g/mol. The molecule has 9 heteroatoms. The van der Waals surface area contributed by atoms with Crippen LogP contribution < -0.4 is 0 Å². The van der Waals surface area contributed by atoms with Crippen LogP contribution in [-0.2, 0) is 33.1 Å². The van der Waals surface area contributed by atoms with Crippen molar-refractivity contribution in [2.75, 3.05) is 19.0 Å². The summed E-state index contributed by atoms with van der Waals surface area (Å²) < 4.78 is 57.4. The Kier molecular flexibility index (Phi) is 4.91. The quantitative estimate of drug-likeness (QED) is 0.491. The molecular weight excluding hydrogens is 272 g/mol. The van der Waals surface area contributed by atoms with Gasteiger partial charge in [-0.3, -0.25) is 4.18 Å². The van der Waals surface area contributed by atoms with Gasteiger partial charge in [-0.2, -0.15) is 16.8 Å². The molecule has 17 heavy (non-hydrogen) atoms. The molecule has 98 valence electrons. The molecule has 0 aliphatic carbocycles. The highest BCUT2D eigenvalue weighted by molar-refractivity contribution is 7.86. The molecule has 7 nitrogen and oxygen atoms in total. The first-order chi connectivity index (χ1) is 7.85. The second-order valence-electron chi connectivity index (χ2n) is 3.15. The van der Waals surface area contributed by atoms with Crippen molar-refractivity contribution in [3.63, 3.8) is 0 Å². The summed E-state index contributed by atoms with van der Waals surface area (Å²) in [5.41, 5.74) is 0. The number of hydrogen-bond donors (Lipinski definition) is 0. The normalized spacial score (nSPS) is 23.0. The van der Waals surface area contributed by atoms with Gasteiger partial charge >= 0.3 is 10.4 Å². The Morgan fingerprint density at radius 1 is 1.41 bits per heavy atom. The lowest BCUT2D eigenvalue weighted by molar-refractivity contribution is 0.135. The zero-order valence-corrected chi connectivity index (χ0v) is 10.7. The zero-order chi connectivity index (χ0) is 12.9. The second kappa shape index (κ2) is 5.79. The lowest BCUT2D eigenvalue weighted by Gasteiger charge is -2.07. The van der Waals surface area contributed by atoms with Crippen LogP contribution in [0.5, 0.6) is 0 Å². The Balaban J connectivity index is 2.37. The van der Waals surface area contributed by atoms with E-state index >= 15 is 0 Å². The first-order valence-corrected chi connectivity index (χ1v) is 7.60. The van der Waals surface area contributed by atoms with Gasteiger partial charge in [-0.1, -0.05) is 5.92 Å². The van der Waals surface area contributed by atoms with Crippen LogP contribution in [0, 0.1) is 11.8 Å². The van der Waals surface area contributed by atoms with Crippen molar-refractivity contribution in [1.29, 1.82) is 0 Å². The molecule has 1 aliphatic heterocycles. The molecule has 0 spiro atoms. The van der Waals surface area contributed by atoms with Gasteiger partial charge in [0.05, 0.1) is 12.4 Å². The molecule has 0 aromatic heterocycles. The predicted molar refractivity (Wildman–Crippen MR) is 57.6 cm³/mol. The largest absolute Gasteiger partial charge is 0.400 e. The van der Waals surface area contributed by atoms with Gasteiger partial charge in [-0.05, 0) is 13.3 Å². The third-order valence-corrected chi connectivity index (χ3v) is 3.96. The molecule has 0 radical (unpaired) electrons. The van der Waals surface area contributed by atoms with E-state index in [2.05, 4.69) is 24.4 Å². The summed E-state index contributed by atoms with van der Waals surface area (Å²) in [4.78, 5) is 0. The van der Waals surface area contributed by atoms with Crippen molar-refractivity contribution in [3.05, 3.63) is 0 Å². The highest BCUT2D eigenvalue weighted by Crippen LogP contribution is 2.16. The van der Waals surface area contributed by atoms with Gasteiger partial charge in [0.2, 0.25) is 0 Å². The molecule has 0 aromatic rings. The fourth-order valence-corrected chi connectivity index (χ4v) is 2.86. The summed E-state index contributed by atoms with van der Waals surface area (Å²) in [6, 6.07) is 0. The van der Waals surface area contributed by atoms with E-state index in [1.165, 1.54) is 6.92 Å². The van der Waals surface area contributed by atoms with Crippen molar-refractivity contribution in [2.45, 2.75) is 19.4 Å². The van der Waals surface area contributed by atoms with Crippen molar-refractivity contribution < 1.29 is 29.4 Å². The first kappa shape index (κ1) is 14.4. The molecule has 1 atom stereocenters. The number of hydrogen-bond acceptors (Lipinski definition) is 7. The molecule has 0 saturated carbocycles. The molecule has 0 bridgehead atoms. The van der Waals surface area contributed by atoms with Crippen molar-refractivity contribution in [2.24, 2.45) is 0 Å². The Morgan fingerprint density at radius 2 is 2.12 bits per heavy atom. The molecule has 1 heterocycles. The summed E-state index contributed by atoms with van der Waals surface area (Å²) in [6.07, 6.45) is -0.581. The molecule has 0 amide bonds. The van der Waals surface area contributed by atoms with E-state index in [1.807, 2.05) is 0 Å². The van der Waals surface area contributed by atoms with Crippen molar-refractivity contribution in [3.8, 4) is 11.8 Å². The Bertz CT molecular complexity index is 508. The van der Waals surface area contributed by atoms with Crippen molar-refractivity contribution in [1.82, 2.24) is 0 Å². The Hall–Kier alpha value is -0.660.